The Bertz CT molecular complexity index is 1320. The Morgan fingerprint density at radius 2 is 1.27 bits per heavy atom. The van der Waals surface area contributed by atoms with Crippen LogP contribution in [-0.4, -0.2) is 30.3 Å². The molecule has 0 aliphatic heterocycles. The van der Waals surface area contributed by atoms with E-state index in [2.05, 4.69) is 41.5 Å². The Hall–Kier alpha value is -3.30. The fourth-order valence-corrected chi connectivity index (χ4v) is 11.7. The number of benzene rings is 3. The number of rotatable bonds is 11. The zero-order valence-electron chi connectivity index (χ0n) is 23.9. The number of halogens is 1. The fourth-order valence-electron chi connectivity index (χ4n) is 5.31. The standard InChI is InChI=1S/C31H37FO6SSi/c1-18(2)40(19(3)4,20(5)6)38-25-14-8-22(9-15-25)29(36)30(23-10-12-24(13-11-23)37-21(7)33)39-31-27(35)17-16-26(34)28(31)32/h8-20,30,34-35H,1-7H3. The van der Waals surface area contributed by atoms with Crippen LogP contribution < -0.4 is 9.16 Å². The SMILES string of the molecule is CC(=O)Oc1ccc(C(Sc2c(O)ccc(O)c2F)C(=O)c2ccc(O[Si](C(C)C)(C(C)C)C(C)C)cc2)cc1. The average molecular weight is 585 g/mol. The normalized spacial score (nSPS) is 12.6. The molecule has 0 radical (unpaired) electrons. The van der Waals surface area contributed by atoms with Gasteiger partial charge in [0.05, 0.1) is 10.1 Å². The van der Waals surface area contributed by atoms with Crippen molar-refractivity contribution in [1.82, 2.24) is 0 Å². The molecular weight excluding hydrogens is 547 g/mol. The van der Waals surface area contributed by atoms with Gasteiger partial charge in [-0.3, -0.25) is 9.59 Å². The minimum atomic E-state index is -2.19. The van der Waals surface area contributed by atoms with Crippen molar-refractivity contribution in [2.24, 2.45) is 0 Å². The molecule has 0 saturated heterocycles. The monoisotopic (exact) mass is 584 g/mol. The van der Waals surface area contributed by atoms with Crippen molar-refractivity contribution < 1.29 is 33.4 Å². The summed E-state index contributed by atoms with van der Waals surface area (Å²) in [5.41, 5.74) is 2.03. The molecule has 0 bridgehead atoms. The molecule has 1 unspecified atom stereocenters. The van der Waals surface area contributed by atoms with Crippen LogP contribution in [-0.2, 0) is 4.79 Å². The summed E-state index contributed by atoms with van der Waals surface area (Å²) in [7, 11) is -2.19. The van der Waals surface area contributed by atoms with Crippen LogP contribution in [0.25, 0.3) is 0 Å². The highest BCUT2D eigenvalue weighted by molar-refractivity contribution is 8.00. The Morgan fingerprint density at radius 1 is 0.775 bits per heavy atom. The third-order valence-corrected chi connectivity index (χ3v) is 14.5. The Labute approximate surface area is 240 Å². The van der Waals surface area contributed by atoms with Gasteiger partial charge in [-0.05, 0) is 70.7 Å². The number of phenolic OH excluding ortho intramolecular Hbond substituents is 2. The number of carbonyl (C=O) groups is 2. The van der Waals surface area contributed by atoms with E-state index in [0.29, 0.717) is 39.2 Å². The predicted molar refractivity (Wildman–Crippen MR) is 159 cm³/mol. The van der Waals surface area contributed by atoms with Crippen LogP contribution in [0.2, 0.25) is 16.6 Å². The highest BCUT2D eigenvalue weighted by Crippen LogP contribution is 2.46. The smallest absolute Gasteiger partial charge is 0.308 e. The lowest BCUT2D eigenvalue weighted by Crippen LogP contribution is -2.50. The van der Waals surface area contributed by atoms with E-state index >= 15 is 0 Å². The van der Waals surface area contributed by atoms with Crippen molar-refractivity contribution in [1.29, 1.82) is 0 Å². The number of phenols is 2. The fraction of sp³-hybridized carbons (Fsp3) is 0.355. The molecule has 0 heterocycles. The second-order valence-corrected chi connectivity index (χ2v) is 17.2. The summed E-state index contributed by atoms with van der Waals surface area (Å²) in [6.45, 7) is 14.5. The number of thioether (sulfide) groups is 1. The van der Waals surface area contributed by atoms with E-state index in [1.807, 2.05) is 0 Å². The third-order valence-electron chi connectivity index (χ3n) is 7.11. The molecule has 214 valence electrons. The summed E-state index contributed by atoms with van der Waals surface area (Å²) < 4.78 is 26.6. The molecule has 0 aromatic heterocycles. The molecule has 0 amide bonds. The van der Waals surface area contributed by atoms with Crippen molar-refractivity contribution in [3.8, 4) is 23.0 Å². The van der Waals surface area contributed by atoms with Gasteiger partial charge in [-0.2, -0.15) is 0 Å². The first-order valence-electron chi connectivity index (χ1n) is 13.3. The first kappa shape index (κ1) is 31.2. The van der Waals surface area contributed by atoms with Crippen molar-refractivity contribution in [3.63, 3.8) is 0 Å². The van der Waals surface area contributed by atoms with Crippen LogP contribution in [0.4, 0.5) is 4.39 Å². The largest absolute Gasteiger partial charge is 0.543 e. The molecule has 40 heavy (non-hydrogen) atoms. The van der Waals surface area contributed by atoms with Crippen molar-refractivity contribution in [2.75, 3.05) is 0 Å². The number of ether oxygens (including phenoxy) is 1. The van der Waals surface area contributed by atoms with Crippen LogP contribution >= 0.6 is 11.8 Å². The molecule has 0 spiro atoms. The highest BCUT2D eigenvalue weighted by atomic mass is 32.2. The predicted octanol–water partition coefficient (Wildman–Crippen LogP) is 8.43. The zero-order valence-corrected chi connectivity index (χ0v) is 25.7. The van der Waals surface area contributed by atoms with Crippen molar-refractivity contribution >= 4 is 31.8 Å². The second kappa shape index (κ2) is 12.9. The minimum absolute atomic E-state index is 0.246. The van der Waals surface area contributed by atoms with E-state index in [4.69, 9.17) is 9.16 Å². The van der Waals surface area contributed by atoms with Gasteiger partial charge in [-0.25, -0.2) is 4.39 Å². The zero-order chi connectivity index (χ0) is 29.8. The van der Waals surface area contributed by atoms with E-state index in [9.17, 15) is 24.2 Å². The van der Waals surface area contributed by atoms with Crippen LogP contribution in [0.1, 0.15) is 69.6 Å². The Balaban J connectivity index is 1.99. The molecule has 2 N–H and O–H groups in total. The molecule has 6 nitrogen and oxygen atoms in total. The molecule has 9 heteroatoms. The maximum absolute atomic E-state index is 14.8. The summed E-state index contributed by atoms with van der Waals surface area (Å²) in [4.78, 5) is 24.9. The van der Waals surface area contributed by atoms with Crippen LogP contribution in [0.5, 0.6) is 23.0 Å². The van der Waals surface area contributed by atoms with Gasteiger partial charge in [0.2, 0.25) is 0 Å². The first-order valence-corrected chi connectivity index (χ1v) is 16.3. The molecule has 1 atom stereocenters. The second-order valence-electron chi connectivity index (χ2n) is 10.7. The maximum Gasteiger partial charge on any atom is 0.308 e. The van der Waals surface area contributed by atoms with Crippen molar-refractivity contribution in [3.05, 3.63) is 77.6 Å². The summed E-state index contributed by atoms with van der Waals surface area (Å²) in [5, 5.41) is 19.2. The highest BCUT2D eigenvalue weighted by Gasteiger charge is 2.47. The molecule has 3 aromatic rings. The maximum atomic E-state index is 14.8. The van der Waals surface area contributed by atoms with Crippen molar-refractivity contribution in [2.45, 2.75) is 75.2 Å². The lowest BCUT2D eigenvalue weighted by molar-refractivity contribution is -0.131. The Kier molecular flexibility index (Phi) is 10.1. The van der Waals surface area contributed by atoms with Crippen LogP contribution in [0.15, 0.2) is 65.6 Å². The van der Waals surface area contributed by atoms with Crippen LogP contribution in [0, 0.1) is 5.82 Å². The van der Waals surface area contributed by atoms with E-state index in [-0.39, 0.29) is 10.7 Å². The summed E-state index contributed by atoms with van der Waals surface area (Å²) >= 11 is 0.791. The van der Waals surface area contributed by atoms with Gasteiger partial charge in [0.15, 0.2) is 17.3 Å². The Morgan fingerprint density at radius 3 is 1.77 bits per heavy atom. The number of Topliss-reactive ketones (excluding diaryl/α,β-unsaturated/α-hetero) is 1. The van der Waals surface area contributed by atoms with Gasteiger partial charge in [0, 0.05) is 12.5 Å². The summed E-state index contributed by atoms with van der Waals surface area (Å²) in [6, 6.07) is 15.5. The molecule has 3 rings (SSSR count). The van der Waals surface area contributed by atoms with E-state index in [0.717, 1.165) is 17.8 Å². The summed E-state index contributed by atoms with van der Waals surface area (Å²) in [5.74, 6) is -1.86. The third kappa shape index (κ3) is 6.70. The van der Waals surface area contributed by atoms with Gasteiger partial charge < -0.3 is 19.4 Å². The molecule has 3 aromatic carbocycles. The molecular formula is C31H37FO6SSi. The van der Waals surface area contributed by atoms with E-state index < -0.39 is 36.9 Å². The van der Waals surface area contributed by atoms with Gasteiger partial charge in [-0.15, -0.1) is 11.8 Å². The quantitative estimate of drug-likeness (QED) is 0.0583. The van der Waals surface area contributed by atoms with E-state index in [1.54, 1.807) is 48.5 Å². The molecule has 0 saturated carbocycles. The number of esters is 1. The van der Waals surface area contributed by atoms with Gasteiger partial charge >= 0.3 is 5.97 Å². The topological polar surface area (TPSA) is 93.1 Å². The van der Waals surface area contributed by atoms with Gasteiger partial charge in [-0.1, -0.05) is 53.7 Å². The molecule has 0 aliphatic carbocycles. The number of hydrogen-bond donors (Lipinski definition) is 2. The van der Waals surface area contributed by atoms with Gasteiger partial charge in [0.25, 0.3) is 8.32 Å². The van der Waals surface area contributed by atoms with E-state index in [1.165, 1.54) is 13.0 Å². The lowest BCUT2D eigenvalue weighted by atomic mass is 10.0. The summed E-state index contributed by atoms with van der Waals surface area (Å²) in [6.07, 6.45) is 0. The van der Waals surface area contributed by atoms with Gasteiger partial charge in [0.1, 0.15) is 17.2 Å². The molecule has 0 aliphatic rings. The number of hydrogen-bond acceptors (Lipinski definition) is 7. The van der Waals surface area contributed by atoms with Crippen LogP contribution in [0.3, 0.4) is 0 Å². The average Bonchev–Trinajstić information content (AvgIpc) is 2.89. The minimum Gasteiger partial charge on any atom is -0.543 e. The lowest BCUT2D eigenvalue weighted by Gasteiger charge is -2.42. The number of ketones is 1. The first-order chi connectivity index (χ1) is 18.8. The number of carbonyl (C=O) groups excluding carboxylic acids is 2. The molecule has 0 fully saturated rings. The number of aromatic hydroxyl groups is 2.